The van der Waals surface area contributed by atoms with E-state index >= 15 is 0 Å². The van der Waals surface area contributed by atoms with Gasteiger partial charge in [-0.25, -0.2) is 0 Å². The Morgan fingerprint density at radius 1 is 1.22 bits per heavy atom. The number of rotatable bonds is 4. The number of pyridine rings is 1. The van der Waals surface area contributed by atoms with Gasteiger partial charge in [-0.15, -0.1) is 0 Å². The summed E-state index contributed by atoms with van der Waals surface area (Å²) in [6.45, 7) is 4.49. The molecular weight excluding hydrogens is 220 g/mol. The lowest BCUT2D eigenvalue weighted by atomic mass is 9.70. The largest absolute Gasteiger partial charge is 0.312 e. The Balaban J connectivity index is 1.64. The second-order valence-electron chi connectivity index (χ2n) is 5.82. The van der Waals surface area contributed by atoms with Crippen LogP contribution < -0.4 is 5.32 Å². The third-order valence-electron chi connectivity index (χ3n) is 4.15. The quantitative estimate of drug-likeness (QED) is 0.884. The number of aromatic nitrogens is 1. The highest BCUT2D eigenvalue weighted by Crippen LogP contribution is 2.39. The lowest BCUT2D eigenvalue weighted by Crippen LogP contribution is -2.36. The molecule has 1 aliphatic rings. The second-order valence-corrected chi connectivity index (χ2v) is 5.82. The molecule has 94 valence electrons. The molecule has 0 unspecified atom stereocenters. The first-order valence-corrected chi connectivity index (χ1v) is 6.79. The molecule has 3 rings (SSSR count). The number of benzene rings is 1. The van der Waals surface area contributed by atoms with Crippen molar-refractivity contribution in [2.24, 2.45) is 5.41 Å². The van der Waals surface area contributed by atoms with Gasteiger partial charge in [-0.3, -0.25) is 4.98 Å². The zero-order chi connectivity index (χ0) is 12.4. The van der Waals surface area contributed by atoms with Crippen LogP contribution in [0, 0.1) is 5.41 Å². The van der Waals surface area contributed by atoms with Crippen molar-refractivity contribution in [3.05, 3.63) is 42.2 Å². The van der Waals surface area contributed by atoms with Crippen LogP contribution in [0.4, 0.5) is 0 Å². The zero-order valence-electron chi connectivity index (χ0n) is 10.9. The Kier molecular flexibility index (Phi) is 3.04. The van der Waals surface area contributed by atoms with Gasteiger partial charge in [0.05, 0.1) is 0 Å². The fraction of sp³-hybridized carbons (Fsp3) is 0.438. The van der Waals surface area contributed by atoms with E-state index in [0.717, 1.165) is 13.1 Å². The van der Waals surface area contributed by atoms with Gasteiger partial charge in [0.1, 0.15) is 0 Å². The van der Waals surface area contributed by atoms with E-state index in [1.54, 1.807) is 0 Å². The second kappa shape index (κ2) is 4.69. The van der Waals surface area contributed by atoms with Crippen LogP contribution in [0.15, 0.2) is 36.7 Å². The first-order chi connectivity index (χ1) is 8.75. The Labute approximate surface area is 108 Å². The van der Waals surface area contributed by atoms with Crippen LogP contribution in [-0.2, 0) is 6.54 Å². The van der Waals surface area contributed by atoms with Crippen molar-refractivity contribution in [1.82, 2.24) is 10.3 Å². The molecule has 0 bridgehead atoms. The third kappa shape index (κ3) is 2.39. The number of nitrogens with one attached hydrogen (secondary N) is 1. The average molecular weight is 240 g/mol. The molecule has 1 aromatic carbocycles. The standard InChI is InChI=1S/C16H20N2/c1-16(6-2-7-16)12-18-10-13-3-4-15-11-17-8-5-14(15)9-13/h3-5,8-9,11,18H,2,6-7,10,12H2,1H3. The van der Waals surface area contributed by atoms with E-state index in [0.29, 0.717) is 5.41 Å². The van der Waals surface area contributed by atoms with E-state index in [-0.39, 0.29) is 0 Å². The van der Waals surface area contributed by atoms with E-state index < -0.39 is 0 Å². The van der Waals surface area contributed by atoms with Gasteiger partial charge >= 0.3 is 0 Å². The summed E-state index contributed by atoms with van der Waals surface area (Å²) in [5.41, 5.74) is 1.91. The molecule has 0 amide bonds. The molecule has 1 aliphatic carbocycles. The number of hydrogen-bond donors (Lipinski definition) is 1. The Hall–Kier alpha value is -1.41. The fourth-order valence-corrected chi connectivity index (χ4v) is 2.71. The van der Waals surface area contributed by atoms with E-state index in [1.807, 2.05) is 12.4 Å². The lowest BCUT2D eigenvalue weighted by Gasteiger charge is -2.38. The molecule has 0 radical (unpaired) electrons. The van der Waals surface area contributed by atoms with Crippen molar-refractivity contribution in [3.8, 4) is 0 Å². The number of hydrogen-bond acceptors (Lipinski definition) is 2. The van der Waals surface area contributed by atoms with Crippen LogP contribution in [-0.4, -0.2) is 11.5 Å². The highest BCUT2D eigenvalue weighted by Gasteiger charge is 2.30. The van der Waals surface area contributed by atoms with Crippen LogP contribution in [0.2, 0.25) is 0 Å². The molecule has 1 N–H and O–H groups in total. The van der Waals surface area contributed by atoms with Crippen molar-refractivity contribution in [3.63, 3.8) is 0 Å². The highest BCUT2D eigenvalue weighted by molar-refractivity contribution is 5.81. The van der Waals surface area contributed by atoms with Crippen molar-refractivity contribution < 1.29 is 0 Å². The van der Waals surface area contributed by atoms with Crippen LogP contribution in [0.25, 0.3) is 10.8 Å². The summed E-state index contributed by atoms with van der Waals surface area (Å²) >= 11 is 0. The van der Waals surface area contributed by atoms with E-state index in [9.17, 15) is 0 Å². The predicted octanol–water partition coefficient (Wildman–Crippen LogP) is 3.51. The van der Waals surface area contributed by atoms with Crippen LogP contribution >= 0.6 is 0 Å². The van der Waals surface area contributed by atoms with Gasteiger partial charge in [-0.2, -0.15) is 0 Å². The van der Waals surface area contributed by atoms with Gasteiger partial charge in [0.2, 0.25) is 0 Å². The first-order valence-electron chi connectivity index (χ1n) is 6.79. The van der Waals surface area contributed by atoms with E-state index in [1.165, 1.54) is 35.6 Å². The molecule has 18 heavy (non-hydrogen) atoms. The SMILES string of the molecule is CC1(CNCc2ccc3cnccc3c2)CCC1. The number of nitrogens with zero attached hydrogens (tertiary/aromatic N) is 1. The Bertz CT molecular complexity index is 544. The lowest BCUT2D eigenvalue weighted by molar-refractivity contribution is 0.156. The molecule has 2 aromatic rings. The highest BCUT2D eigenvalue weighted by atomic mass is 14.9. The van der Waals surface area contributed by atoms with Crippen molar-refractivity contribution in [2.75, 3.05) is 6.54 Å². The maximum absolute atomic E-state index is 4.14. The minimum absolute atomic E-state index is 0.556. The summed E-state index contributed by atoms with van der Waals surface area (Å²) in [6.07, 6.45) is 7.94. The summed E-state index contributed by atoms with van der Waals surface area (Å²) in [7, 11) is 0. The molecule has 1 fully saturated rings. The van der Waals surface area contributed by atoms with Gasteiger partial charge < -0.3 is 5.32 Å². The molecule has 1 aromatic heterocycles. The van der Waals surface area contributed by atoms with Crippen LogP contribution in [0.5, 0.6) is 0 Å². The maximum atomic E-state index is 4.14. The first kappa shape index (κ1) is 11.7. The van der Waals surface area contributed by atoms with Crippen molar-refractivity contribution in [1.29, 1.82) is 0 Å². The molecule has 2 nitrogen and oxygen atoms in total. The molecular formula is C16H20N2. The normalized spacial score (nSPS) is 17.6. The van der Waals surface area contributed by atoms with Crippen LogP contribution in [0.3, 0.4) is 0 Å². The fourth-order valence-electron chi connectivity index (χ4n) is 2.71. The monoisotopic (exact) mass is 240 g/mol. The van der Waals surface area contributed by atoms with Gasteiger partial charge in [0, 0.05) is 30.9 Å². The van der Waals surface area contributed by atoms with Crippen molar-refractivity contribution >= 4 is 10.8 Å². The molecule has 0 aliphatic heterocycles. The van der Waals surface area contributed by atoms with Crippen LogP contribution in [0.1, 0.15) is 31.7 Å². The van der Waals surface area contributed by atoms with Gasteiger partial charge in [0.15, 0.2) is 0 Å². The summed E-state index contributed by atoms with van der Waals surface area (Å²) in [5.74, 6) is 0. The summed E-state index contributed by atoms with van der Waals surface area (Å²) in [4.78, 5) is 4.14. The minimum Gasteiger partial charge on any atom is -0.312 e. The predicted molar refractivity (Wildman–Crippen MR) is 75.4 cm³/mol. The molecule has 0 spiro atoms. The van der Waals surface area contributed by atoms with Gasteiger partial charge in [-0.05, 0) is 41.3 Å². The van der Waals surface area contributed by atoms with Gasteiger partial charge in [-0.1, -0.05) is 25.5 Å². The molecule has 2 heteroatoms. The average Bonchev–Trinajstić information content (AvgIpc) is 2.37. The van der Waals surface area contributed by atoms with Crippen molar-refractivity contribution in [2.45, 2.75) is 32.7 Å². The summed E-state index contributed by atoms with van der Waals surface area (Å²) in [6, 6.07) is 8.68. The zero-order valence-corrected chi connectivity index (χ0v) is 10.9. The molecule has 1 heterocycles. The minimum atomic E-state index is 0.556. The smallest absolute Gasteiger partial charge is 0.0346 e. The number of fused-ring (bicyclic) bond motifs is 1. The summed E-state index contributed by atoms with van der Waals surface area (Å²) in [5, 5.41) is 6.09. The Morgan fingerprint density at radius 2 is 2.11 bits per heavy atom. The van der Waals surface area contributed by atoms with E-state index in [2.05, 4.69) is 41.5 Å². The summed E-state index contributed by atoms with van der Waals surface area (Å²) < 4.78 is 0. The molecule has 1 saturated carbocycles. The third-order valence-corrected chi connectivity index (χ3v) is 4.15. The Morgan fingerprint density at radius 3 is 2.89 bits per heavy atom. The topological polar surface area (TPSA) is 24.9 Å². The molecule has 0 atom stereocenters. The molecule has 0 saturated heterocycles. The van der Waals surface area contributed by atoms with E-state index in [4.69, 9.17) is 0 Å². The van der Waals surface area contributed by atoms with Gasteiger partial charge in [0.25, 0.3) is 0 Å². The maximum Gasteiger partial charge on any atom is 0.0346 e.